The van der Waals surface area contributed by atoms with E-state index in [9.17, 15) is 4.39 Å². The molecule has 1 aliphatic rings. The quantitative estimate of drug-likeness (QED) is 0.504. The van der Waals surface area contributed by atoms with Crippen LogP contribution in [0.4, 0.5) is 4.39 Å². The Labute approximate surface area is 60.8 Å². The van der Waals surface area contributed by atoms with Gasteiger partial charge in [-0.15, -0.1) is 6.58 Å². The fraction of sp³-hybridized carbons (Fsp3) is 0.500. The molecular formula is C8H12FN. The predicted molar refractivity (Wildman–Crippen MR) is 40.1 cm³/mol. The van der Waals surface area contributed by atoms with Crippen molar-refractivity contribution >= 4 is 0 Å². The molecule has 1 atom stereocenters. The standard InChI is InChI=1S/C8H12FN/c1-4-8(2)6-10(3)5-7(8)9/h4-5H,1,6H2,2-3H3/t8-/m0/s1. The van der Waals surface area contributed by atoms with Gasteiger partial charge in [-0.25, -0.2) is 4.39 Å². The van der Waals surface area contributed by atoms with Crippen molar-refractivity contribution in [3.8, 4) is 0 Å². The van der Waals surface area contributed by atoms with Crippen LogP contribution in [-0.2, 0) is 0 Å². The van der Waals surface area contributed by atoms with Crippen LogP contribution in [0.5, 0.6) is 0 Å². The van der Waals surface area contributed by atoms with Crippen LogP contribution < -0.4 is 0 Å². The highest BCUT2D eigenvalue weighted by atomic mass is 19.1. The lowest BCUT2D eigenvalue weighted by atomic mass is 9.92. The van der Waals surface area contributed by atoms with E-state index in [1.807, 2.05) is 18.9 Å². The van der Waals surface area contributed by atoms with Crippen LogP contribution in [0.25, 0.3) is 0 Å². The predicted octanol–water partition coefficient (Wildman–Crippen LogP) is 1.94. The molecule has 0 aromatic rings. The molecule has 1 rings (SSSR count). The Morgan fingerprint density at radius 3 is 2.70 bits per heavy atom. The Morgan fingerprint density at radius 1 is 1.90 bits per heavy atom. The molecule has 0 N–H and O–H groups in total. The third-order valence-corrected chi connectivity index (χ3v) is 1.91. The first kappa shape index (κ1) is 7.32. The van der Waals surface area contributed by atoms with Crippen molar-refractivity contribution in [3.05, 3.63) is 24.7 Å². The van der Waals surface area contributed by atoms with E-state index < -0.39 is 5.41 Å². The second kappa shape index (κ2) is 2.11. The van der Waals surface area contributed by atoms with Crippen LogP contribution in [-0.4, -0.2) is 18.5 Å². The minimum atomic E-state index is -0.450. The van der Waals surface area contributed by atoms with Gasteiger partial charge in [-0.1, -0.05) is 6.08 Å². The first-order valence-electron chi connectivity index (χ1n) is 3.30. The van der Waals surface area contributed by atoms with Gasteiger partial charge in [0.05, 0.1) is 5.41 Å². The Balaban J connectivity index is 2.85. The zero-order chi connectivity index (χ0) is 7.78. The molecule has 1 aliphatic heterocycles. The van der Waals surface area contributed by atoms with Gasteiger partial charge in [-0.3, -0.25) is 0 Å². The Hall–Kier alpha value is -0.790. The molecule has 0 unspecified atom stereocenters. The monoisotopic (exact) mass is 141 g/mol. The van der Waals surface area contributed by atoms with Crippen LogP contribution >= 0.6 is 0 Å². The van der Waals surface area contributed by atoms with E-state index in [1.54, 1.807) is 6.08 Å². The maximum absolute atomic E-state index is 13.0. The molecule has 0 aromatic carbocycles. The van der Waals surface area contributed by atoms with Crippen LogP contribution in [0.1, 0.15) is 6.92 Å². The van der Waals surface area contributed by atoms with Crippen LogP contribution in [0.15, 0.2) is 24.7 Å². The van der Waals surface area contributed by atoms with Crippen LogP contribution in [0.3, 0.4) is 0 Å². The zero-order valence-corrected chi connectivity index (χ0v) is 6.39. The van der Waals surface area contributed by atoms with E-state index >= 15 is 0 Å². The fourth-order valence-electron chi connectivity index (χ4n) is 1.14. The molecule has 56 valence electrons. The average Bonchev–Trinajstić information content (AvgIpc) is 2.09. The van der Waals surface area contributed by atoms with Crippen molar-refractivity contribution in [1.82, 2.24) is 4.90 Å². The molecule has 0 aliphatic carbocycles. The summed E-state index contributed by atoms with van der Waals surface area (Å²) >= 11 is 0. The molecule has 1 nitrogen and oxygen atoms in total. The highest BCUT2D eigenvalue weighted by Gasteiger charge is 2.32. The summed E-state index contributed by atoms with van der Waals surface area (Å²) in [5, 5.41) is 0. The minimum absolute atomic E-state index is 0.0926. The van der Waals surface area contributed by atoms with Gasteiger partial charge in [-0.05, 0) is 6.92 Å². The van der Waals surface area contributed by atoms with Crippen molar-refractivity contribution < 1.29 is 4.39 Å². The van der Waals surface area contributed by atoms with Gasteiger partial charge < -0.3 is 4.90 Å². The van der Waals surface area contributed by atoms with E-state index in [2.05, 4.69) is 6.58 Å². The van der Waals surface area contributed by atoms with E-state index in [0.29, 0.717) is 6.54 Å². The Bertz CT molecular complexity index is 186. The van der Waals surface area contributed by atoms with Crippen molar-refractivity contribution in [1.29, 1.82) is 0 Å². The highest BCUT2D eigenvalue weighted by molar-refractivity contribution is 5.19. The van der Waals surface area contributed by atoms with E-state index in [-0.39, 0.29) is 5.83 Å². The molecule has 0 saturated heterocycles. The molecule has 0 radical (unpaired) electrons. The lowest BCUT2D eigenvalue weighted by Gasteiger charge is -2.19. The number of rotatable bonds is 1. The van der Waals surface area contributed by atoms with Gasteiger partial charge in [0.15, 0.2) is 0 Å². The molecule has 2 heteroatoms. The second-order valence-corrected chi connectivity index (χ2v) is 3.01. The summed E-state index contributed by atoms with van der Waals surface area (Å²) in [5.74, 6) is -0.0926. The first-order valence-corrected chi connectivity index (χ1v) is 3.30. The van der Waals surface area contributed by atoms with E-state index in [1.165, 1.54) is 6.20 Å². The Morgan fingerprint density at radius 2 is 2.50 bits per heavy atom. The summed E-state index contributed by atoms with van der Waals surface area (Å²) < 4.78 is 13.0. The largest absolute Gasteiger partial charge is 0.377 e. The zero-order valence-electron chi connectivity index (χ0n) is 6.39. The molecular weight excluding hydrogens is 129 g/mol. The summed E-state index contributed by atoms with van der Waals surface area (Å²) in [5.41, 5.74) is -0.450. The third-order valence-electron chi connectivity index (χ3n) is 1.91. The number of hydrogen-bond donors (Lipinski definition) is 0. The average molecular weight is 141 g/mol. The SMILES string of the molecule is C=C[C@@]1(C)CN(C)C=C1F. The lowest BCUT2D eigenvalue weighted by molar-refractivity contribution is 0.356. The highest BCUT2D eigenvalue weighted by Crippen LogP contribution is 2.35. The molecule has 0 amide bonds. The van der Waals surface area contributed by atoms with Gasteiger partial charge >= 0.3 is 0 Å². The fourth-order valence-corrected chi connectivity index (χ4v) is 1.14. The van der Waals surface area contributed by atoms with Crippen LogP contribution in [0, 0.1) is 5.41 Å². The lowest BCUT2D eigenvalue weighted by Crippen LogP contribution is -2.21. The molecule has 0 fully saturated rings. The normalized spacial score (nSPS) is 32.3. The van der Waals surface area contributed by atoms with Gasteiger partial charge in [0.2, 0.25) is 0 Å². The first-order chi connectivity index (χ1) is 4.58. The molecule has 10 heavy (non-hydrogen) atoms. The molecule has 0 saturated carbocycles. The Kier molecular flexibility index (Phi) is 1.55. The van der Waals surface area contributed by atoms with Gasteiger partial charge in [0, 0.05) is 19.8 Å². The maximum Gasteiger partial charge on any atom is 0.127 e. The van der Waals surface area contributed by atoms with Gasteiger partial charge in [-0.2, -0.15) is 0 Å². The van der Waals surface area contributed by atoms with E-state index in [0.717, 1.165) is 0 Å². The maximum atomic E-state index is 13.0. The minimum Gasteiger partial charge on any atom is -0.377 e. The number of nitrogens with zero attached hydrogens (tertiary/aromatic N) is 1. The summed E-state index contributed by atoms with van der Waals surface area (Å²) in [6.07, 6.45) is 3.17. The van der Waals surface area contributed by atoms with Crippen molar-refractivity contribution in [2.75, 3.05) is 13.6 Å². The molecule has 1 heterocycles. The summed E-state index contributed by atoms with van der Waals surface area (Å²) in [6.45, 7) is 6.13. The van der Waals surface area contributed by atoms with Crippen molar-refractivity contribution in [2.24, 2.45) is 5.41 Å². The van der Waals surface area contributed by atoms with Gasteiger partial charge in [0.1, 0.15) is 5.83 Å². The molecule has 0 bridgehead atoms. The summed E-state index contributed by atoms with van der Waals surface area (Å²) in [7, 11) is 1.86. The third kappa shape index (κ3) is 0.939. The smallest absolute Gasteiger partial charge is 0.127 e. The second-order valence-electron chi connectivity index (χ2n) is 3.01. The van der Waals surface area contributed by atoms with Gasteiger partial charge in [0.25, 0.3) is 0 Å². The van der Waals surface area contributed by atoms with E-state index in [4.69, 9.17) is 0 Å². The number of hydrogen-bond acceptors (Lipinski definition) is 1. The van der Waals surface area contributed by atoms with Crippen molar-refractivity contribution in [3.63, 3.8) is 0 Å². The molecule has 0 aromatic heterocycles. The number of halogens is 1. The molecule has 0 spiro atoms. The topological polar surface area (TPSA) is 3.24 Å². The summed E-state index contributed by atoms with van der Waals surface area (Å²) in [6, 6.07) is 0. The van der Waals surface area contributed by atoms with Crippen molar-refractivity contribution in [2.45, 2.75) is 6.92 Å². The van der Waals surface area contributed by atoms with Crippen LogP contribution in [0.2, 0.25) is 0 Å². The summed E-state index contributed by atoms with van der Waals surface area (Å²) in [4.78, 5) is 1.83.